The zero-order chi connectivity index (χ0) is 15.9. The van der Waals surface area contributed by atoms with E-state index in [9.17, 15) is 22.0 Å². The summed E-state index contributed by atoms with van der Waals surface area (Å²) in [6.07, 6.45) is 3.37. The SMILES string of the molecule is CC.Cc1c(F)c(F)c(F)c(F)c1F.Cc1ccoc1. The molecule has 0 fully saturated rings. The van der Waals surface area contributed by atoms with Gasteiger partial charge in [-0.2, -0.15) is 0 Å². The molecule has 0 atom stereocenters. The van der Waals surface area contributed by atoms with Crippen molar-refractivity contribution in [3.05, 3.63) is 58.8 Å². The molecular formula is C14H15F5O. The molecule has 1 nitrogen and oxygen atoms in total. The summed E-state index contributed by atoms with van der Waals surface area (Å²) in [5.74, 6) is -9.52. The Kier molecular flexibility index (Phi) is 7.57. The van der Waals surface area contributed by atoms with Crippen LogP contribution in [0.5, 0.6) is 0 Å². The first-order valence-corrected chi connectivity index (χ1v) is 5.83. The second kappa shape index (κ2) is 8.35. The van der Waals surface area contributed by atoms with Crippen LogP contribution in [0.2, 0.25) is 0 Å². The summed E-state index contributed by atoms with van der Waals surface area (Å²) in [7, 11) is 0. The number of hydrogen-bond donors (Lipinski definition) is 0. The fraction of sp³-hybridized carbons (Fsp3) is 0.286. The molecule has 0 aliphatic heterocycles. The standard InChI is InChI=1S/C7H3F5.C5H6O.C2H6/c1-2-3(8)5(10)7(12)6(11)4(2)9;1-5-2-3-6-4-5;1-2/h1H3;2-4H,1H3;1-2H3. The third kappa shape index (κ3) is 4.36. The lowest BCUT2D eigenvalue weighted by Gasteiger charge is -2.02. The van der Waals surface area contributed by atoms with E-state index in [1.54, 1.807) is 12.5 Å². The first-order valence-electron chi connectivity index (χ1n) is 5.83. The molecular weight excluding hydrogens is 279 g/mol. The van der Waals surface area contributed by atoms with Crippen molar-refractivity contribution in [3.63, 3.8) is 0 Å². The number of rotatable bonds is 0. The van der Waals surface area contributed by atoms with Crippen molar-refractivity contribution in [2.75, 3.05) is 0 Å². The Hall–Kier alpha value is -1.85. The average molecular weight is 294 g/mol. The maximum Gasteiger partial charge on any atom is 0.200 e. The van der Waals surface area contributed by atoms with E-state index in [0.717, 1.165) is 6.92 Å². The molecule has 112 valence electrons. The summed E-state index contributed by atoms with van der Waals surface area (Å²) in [5, 5.41) is 0. The van der Waals surface area contributed by atoms with Gasteiger partial charge in [0, 0.05) is 5.56 Å². The number of aryl methyl sites for hydroxylation is 1. The van der Waals surface area contributed by atoms with E-state index in [0.29, 0.717) is 0 Å². The van der Waals surface area contributed by atoms with Crippen LogP contribution in [-0.2, 0) is 0 Å². The Morgan fingerprint density at radius 3 is 1.40 bits per heavy atom. The van der Waals surface area contributed by atoms with Crippen LogP contribution in [0.25, 0.3) is 0 Å². The Labute approximate surface area is 114 Å². The van der Waals surface area contributed by atoms with Crippen LogP contribution in [0.4, 0.5) is 22.0 Å². The van der Waals surface area contributed by atoms with E-state index in [1.807, 2.05) is 26.8 Å². The molecule has 0 aliphatic carbocycles. The minimum absolute atomic E-state index is 0.816. The van der Waals surface area contributed by atoms with Crippen LogP contribution in [0.3, 0.4) is 0 Å². The molecule has 20 heavy (non-hydrogen) atoms. The third-order valence-electron chi connectivity index (χ3n) is 2.09. The predicted octanol–water partition coefficient (Wildman–Crippen LogP) is 5.30. The zero-order valence-corrected chi connectivity index (χ0v) is 11.5. The molecule has 0 saturated heterocycles. The van der Waals surface area contributed by atoms with Gasteiger partial charge in [0.15, 0.2) is 23.3 Å². The van der Waals surface area contributed by atoms with Crippen LogP contribution in [0, 0.1) is 42.9 Å². The topological polar surface area (TPSA) is 13.1 Å². The first-order chi connectivity index (χ1) is 9.36. The molecule has 0 radical (unpaired) electrons. The summed E-state index contributed by atoms with van der Waals surface area (Å²) in [6, 6.07) is 1.92. The second-order valence-corrected chi connectivity index (χ2v) is 3.50. The van der Waals surface area contributed by atoms with Crippen molar-refractivity contribution >= 4 is 0 Å². The highest BCUT2D eigenvalue weighted by molar-refractivity contribution is 5.22. The van der Waals surface area contributed by atoms with E-state index in [4.69, 9.17) is 4.42 Å². The zero-order valence-electron chi connectivity index (χ0n) is 11.5. The first kappa shape index (κ1) is 18.1. The predicted molar refractivity (Wildman–Crippen MR) is 65.8 cm³/mol. The van der Waals surface area contributed by atoms with Gasteiger partial charge in [0.25, 0.3) is 0 Å². The van der Waals surface area contributed by atoms with Gasteiger partial charge in [-0.15, -0.1) is 0 Å². The lowest BCUT2D eigenvalue weighted by molar-refractivity contribution is 0.373. The maximum absolute atomic E-state index is 12.4. The van der Waals surface area contributed by atoms with Crippen molar-refractivity contribution in [2.24, 2.45) is 0 Å². The molecule has 0 spiro atoms. The number of benzene rings is 1. The Balaban J connectivity index is 0.000000377. The van der Waals surface area contributed by atoms with Crippen molar-refractivity contribution in [1.82, 2.24) is 0 Å². The van der Waals surface area contributed by atoms with Gasteiger partial charge < -0.3 is 4.42 Å². The molecule has 0 aliphatic rings. The Morgan fingerprint density at radius 2 is 1.15 bits per heavy atom. The highest BCUT2D eigenvalue weighted by Crippen LogP contribution is 2.21. The van der Waals surface area contributed by atoms with Crippen molar-refractivity contribution < 1.29 is 26.4 Å². The van der Waals surface area contributed by atoms with E-state index < -0.39 is 34.6 Å². The molecule has 0 N–H and O–H groups in total. The average Bonchev–Trinajstić information content (AvgIpc) is 2.95. The highest BCUT2D eigenvalue weighted by atomic mass is 19.2. The van der Waals surface area contributed by atoms with Gasteiger partial charge in [-0.05, 0) is 25.5 Å². The molecule has 1 heterocycles. The summed E-state index contributed by atoms with van der Waals surface area (Å²) >= 11 is 0. The van der Waals surface area contributed by atoms with E-state index in [2.05, 4.69) is 0 Å². The molecule has 6 heteroatoms. The monoisotopic (exact) mass is 294 g/mol. The van der Waals surface area contributed by atoms with Gasteiger partial charge in [0.05, 0.1) is 12.5 Å². The largest absolute Gasteiger partial charge is 0.472 e. The van der Waals surface area contributed by atoms with Crippen LogP contribution in [0.15, 0.2) is 23.0 Å². The second-order valence-electron chi connectivity index (χ2n) is 3.50. The lowest BCUT2D eigenvalue weighted by Crippen LogP contribution is -2.03. The van der Waals surface area contributed by atoms with Gasteiger partial charge >= 0.3 is 0 Å². The van der Waals surface area contributed by atoms with Crippen LogP contribution >= 0.6 is 0 Å². The fourth-order valence-electron chi connectivity index (χ4n) is 1.05. The van der Waals surface area contributed by atoms with Gasteiger partial charge in [-0.3, -0.25) is 0 Å². The normalized spacial score (nSPS) is 9.25. The van der Waals surface area contributed by atoms with Crippen LogP contribution in [0.1, 0.15) is 25.0 Å². The van der Waals surface area contributed by atoms with Crippen molar-refractivity contribution in [1.29, 1.82) is 0 Å². The van der Waals surface area contributed by atoms with E-state index in [-0.39, 0.29) is 0 Å². The van der Waals surface area contributed by atoms with Gasteiger partial charge in [0.2, 0.25) is 5.82 Å². The molecule has 2 rings (SSSR count). The summed E-state index contributed by atoms with van der Waals surface area (Å²) in [6.45, 7) is 6.81. The van der Waals surface area contributed by atoms with Crippen molar-refractivity contribution in [2.45, 2.75) is 27.7 Å². The molecule has 0 unspecified atom stereocenters. The molecule has 2 aromatic rings. The van der Waals surface area contributed by atoms with Gasteiger partial charge in [0.1, 0.15) is 0 Å². The smallest absolute Gasteiger partial charge is 0.200 e. The fourth-order valence-corrected chi connectivity index (χ4v) is 1.05. The van der Waals surface area contributed by atoms with Gasteiger partial charge in [-0.25, -0.2) is 22.0 Å². The number of hydrogen-bond acceptors (Lipinski definition) is 1. The van der Waals surface area contributed by atoms with Gasteiger partial charge in [-0.1, -0.05) is 13.8 Å². The van der Waals surface area contributed by atoms with Crippen molar-refractivity contribution in [3.8, 4) is 0 Å². The maximum atomic E-state index is 12.4. The van der Waals surface area contributed by atoms with E-state index >= 15 is 0 Å². The van der Waals surface area contributed by atoms with Crippen LogP contribution < -0.4 is 0 Å². The highest BCUT2D eigenvalue weighted by Gasteiger charge is 2.22. The summed E-state index contributed by atoms with van der Waals surface area (Å²) < 4.78 is 66.3. The molecule has 0 saturated carbocycles. The summed E-state index contributed by atoms with van der Waals surface area (Å²) in [4.78, 5) is 0. The Bertz CT molecular complexity index is 430. The summed E-state index contributed by atoms with van der Waals surface area (Å²) in [5.41, 5.74) is 0.307. The molecule has 1 aromatic carbocycles. The molecule has 1 aromatic heterocycles. The van der Waals surface area contributed by atoms with E-state index in [1.165, 1.54) is 5.56 Å². The quantitative estimate of drug-likeness (QED) is 0.365. The molecule has 0 bridgehead atoms. The molecule has 0 amide bonds. The third-order valence-corrected chi connectivity index (χ3v) is 2.09. The van der Waals surface area contributed by atoms with Crippen LogP contribution in [-0.4, -0.2) is 0 Å². The number of halogens is 5. The minimum Gasteiger partial charge on any atom is -0.472 e. The minimum atomic E-state index is -2.13. The lowest BCUT2D eigenvalue weighted by atomic mass is 10.2. The Morgan fingerprint density at radius 1 is 0.750 bits per heavy atom. The number of furan rings is 1.